The predicted octanol–water partition coefficient (Wildman–Crippen LogP) is 2.59. The van der Waals surface area contributed by atoms with E-state index in [9.17, 15) is 9.59 Å². The second-order valence-electron chi connectivity index (χ2n) is 6.34. The molecule has 2 aromatic rings. The molecule has 4 rings (SSSR count). The topological polar surface area (TPSA) is 75.4 Å². The number of nitrogens with one attached hydrogen (secondary N) is 1. The fourth-order valence-electron chi connectivity index (χ4n) is 3.04. The van der Waals surface area contributed by atoms with Gasteiger partial charge in [0, 0.05) is 17.5 Å². The Bertz CT molecular complexity index is 764. The lowest BCUT2D eigenvalue weighted by Gasteiger charge is -2.23. The number of rotatable bonds is 4. The molecular formula is C17H19N3O3S. The Labute approximate surface area is 143 Å². The standard InChI is InChI=1S/C17H19N3O3S/c1-10-14(19-16(24-10)13-5-3-9-23-13)17(22)20-8-2-4-12(20)15(21)18-11-6-7-11/h3,5,9,11-12H,2,4,6-8H2,1H3,(H,18,21)/t12-/m1/s1. The number of aryl methyl sites for hydroxylation is 1. The minimum atomic E-state index is -0.369. The van der Waals surface area contributed by atoms with Crippen molar-refractivity contribution in [2.24, 2.45) is 0 Å². The van der Waals surface area contributed by atoms with Gasteiger partial charge in [-0.3, -0.25) is 9.59 Å². The van der Waals surface area contributed by atoms with Gasteiger partial charge in [0.05, 0.1) is 6.26 Å². The Morgan fingerprint density at radius 3 is 2.92 bits per heavy atom. The third kappa shape index (κ3) is 2.84. The molecule has 126 valence electrons. The fraction of sp³-hybridized carbons (Fsp3) is 0.471. The third-order valence-corrected chi connectivity index (χ3v) is 5.46. The van der Waals surface area contributed by atoms with Crippen LogP contribution in [0.25, 0.3) is 10.8 Å². The van der Waals surface area contributed by atoms with Crippen LogP contribution in [0, 0.1) is 6.92 Å². The van der Waals surface area contributed by atoms with Gasteiger partial charge in [0.2, 0.25) is 5.91 Å². The van der Waals surface area contributed by atoms with Gasteiger partial charge in [0.1, 0.15) is 11.7 Å². The molecule has 0 aromatic carbocycles. The first-order valence-corrected chi connectivity index (χ1v) is 9.08. The van der Waals surface area contributed by atoms with Crippen LogP contribution in [0.5, 0.6) is 0 Å². The van der Waals surface area contributed by atoms with Crippen molar-refractivity contribution >= 4 is 23.2 Å². The minimum absolute atomic E-state index is 0.0255. The average Bonchev–Trinajstić information content (AvgIpc) is 3.04. The number of thiazole rings is 1. The molecule has 1 atom stereocenters. The van der Waals surface area contributed by atoms with E-state index in [4.69, 9.17) is 4.42 Å². The van der Waals surface area contributed by atoms with Gasteiger partial charge < -0.3 is 14.6 Å². The van der Waals surface area contributed by atoms with E-state index >= 15 is 0 Å². The van der Waals surface area contributed by atoms with Crippen LogP contribution in [-0.2, 0) is 4.79 Å². The molecule has 1 saturated carbocycles. The number of hydrogen-bond donors (Lipinski definition) is 1. The molecule has 24 heavy (non-hydrogen) atoms. The summed E-state index contributed by atoms with van der Waals surface area (Å²) in [6.45, 7) is 2.49. The molecule has 1 saturated heterocycles. The molecule has 0 unspecified atom stereocenters. The van der Waals surface area contributed by atoms with E-state index in [1.807, 2.05) is 13.0 Å². The number of amides is 2. The maximum Gasteiger partial charge on any atom is 0.274 e. The quantitative estimate of drug-likeness (QED) is 0.924. The van der Waals surface area contributed by atoms with E-state index in [1.165, 1.54) is 11.3 Å². The van der Waals surface area contributed by atoms with Gasteiger partial charge in [-0.1, -0.05) is 0 Å². The van der Waals surface area contributed by atoms with Crippen molar-refractivity contribution in [2.75, 3.05) is 6.54 Å². The number of carbonyl (C=O) groups excluding carboxylic acids is 2. The summed E-state index contributed by atoms with van der Waals surface area (Å²) in [7, 11) is 0. The summed E-state index contributed by atoms with van der Waals surface area (Å²) < 4.78 is 5.36. The van der Waals surface area contributed by atoms with Crippen LogP contribution in [0.1, 0.15) is 41.0 Å². The number of nitrogens with zero attached hydrogens (tertiary/aromatic N) is 2. The Kier molecular flexibility index (Phi) is 3.88. The summed E-state index contributed by atoms with van der Waals surface area (Å²) in [6.07, 6.45) is 5.25. The first kappa shape index (κ1) is 15.4. The number of likely N-dealkylation sites (tertiary alicyclic amines) is 1. The van der Waals surface area contributed by atoms with Crippen molar-refractivity contribution in [1.29, 1.82) is 0 Å². The zero-order valence-electron chi connectivity index (χ0n) is 13.4. The van der Waals surface area contributed by atoms with Gasteiger partial charge in [-0.25, -0.2) is 4.98 Å². The lowest BCUT2D eigenvalue weighted by Crippen LogP contribution is -2.46. The summed E-state index contributed by atoms with van der Waals surface area (Å²) >= 11 is 1.44. The predicted molar refractivity (Wildman–Crippen MR) is 89.8 cm³/mol. The maximum atomic E-state index is 12.9. The van der Waals surface area contributed by atoms with Crippen molar-refractivity contribution in [3.8, 4) is 10.8 Å². The van der Waals surface area contributed by atoms with Crippen LogP contribution >= 0.6 is 11.3 Å². The number of aromatic nitrogens is 1. The highest BCUT2D eigenvalue weighted by atomic mass is 32.1. The van der Waals surface area contributed by atoms with E-state index in [2.05, 4.69) is 10.3 Å². The molecule has 7 heteroatoms. The lowest BCUT2D eigenvalue weighted by molar-refractivity contribution is -0.125. The average molecular weight is 345 g/mol. The summed E-state index contributed by atoms with van der Waals surface area (Å²) in [5.74, 6) is 0.476. The summed E-state index contributed by atoms with van der Waals surface area (Å²) in [5, 5.41) is 3.70. The molecule has 1 N–H and O–H groups in total. The molecule has 0 bridgehead atoms. The largest absolute Gasteiger partial charge is 0.462 e. The monoisotopic (exact) mass is 345 g/mol. The smallest absolute Gasteiger partial charge is 0.274 e. The third-order valence-electron chi connectivity index (χ3n) is 4.47. The van der Waals surface area contributed by atoms with E-state index in [-0.39, 0.29) is 17.9 Å². The van der Waals surface area contributed by atoms with Gasteiger partial charge >= 0.3 is 0 Å². The highest BCUT2D eigenvalue weighted by Gasteiger charge is 2.38. The number of carbonyl (C=O) groups is 2. The van der Waals surface area contributed by atoms with Crippen molar-refractivity contribution in [1.82, 2.24) is 15.2 Å². The van der Waals surface area contributed by atoms with Crippen LogP contribution < -0.4 is 5.32 Å². The lowest BCUT2D eigenvalue weighted by atomic mass is 10.2. The Balaban J connectivity index is 1.55. The van der Waals surface area contributed by atoms with Gasteiger partial charge in [-0.2, -0.15) is 0 Å². The molecule has 1 aliphatic carbocycles. The van der Waals surface area contributed by atoms with E-state index in [1.54, 1.807) is 17.2 Å². The SMILES string of the molecule is Cc1sc(-c2ccco2)nc1C(=O)N1CCC[C@@H]1C(=O)NC1CC1. The van der Waals surface area contributed by atoms with E-state index < -0.39 is 0 Å². The van der Waals surface area contributed by atoms with Crippen molar-refractivity contribution in [3.05, 3.63) is 29.0 Å². The molecule has 6 nitrogen and oxygen atoms in total. The first-order chi connectivity index (χ1) is 11.6. The Morgan fingerprint density at radius 1 is 1.38 bits per heavy atom. The zero-order valence-corrected chi connectivity index (χ0v) is 14.3. The molecule has 2 aliphatic rings. The number of furan rings is 1. The molecular weight excluding hydrogens is 326 g/mol. The Hall–Kier alpha value is -2.15. The molecule has 0 radical (unpaired) electrons. The van der Waals surface area contributed by atoms with Gasteiger partial charge in [0.25, 0.3) is 5.91 Å². The van der Waals surface area contributed by atoms with E-state index in [0.717, 1.165) is 30.6 Å². The van der Waals surface area contributed by atoms with Gasteiger partial charge in [-0.05, 0) is 44.7 Å². The summed E-state index contributed by atoms with van der Waals surface area (Å²) in [6, 6.07) is 3.56. The van der Waals surface area contributed by atoms with Crippen LogP contribution in [0.4, 0.5) is 0 Å². The van der Waals surface area contributed by atoms with Crippen LogP contribution in [0.3, 0.4) is 0 Å². The normalized spacial score (nSPS) is 20.4. The summed E-state index contributed by atoms with van der Waals surface area (Å²) in [5.41, 5.74) is 0.428. The fourth-order valence-corrected chi connectivity index (χ4v) is 3.92. The van der Waals surface area contributed by atoms with E-state index in [0.29, 0.717) is 29.0 Å². The van der Waals surface area contributed by atoms with Gasteiger partial charge in [-0.15, -0.1) is 11.3 Å². The molecule has 3 heterocycles. The van der Waals surface area contributed by atoms with Gasteiger partial charge in [0.15, 0.2) is 10.8 Å². The first-order valence-electron chi connectivity index (χ1n) is 8.26. The summed E-state index contributed by atoms with van der Waals surface area (Å²) in [4.78, 5) is 32.3. The molecule has 1 aliphatic heterocycles. The minimum Gasteiger partial charge on any atom is -0.462 e. The highest BCUT2D eigenvalue weighted by molar-refractivity contribution is 7.15. The zero-order chi connectivity index (χ0) is 16.7. The maximum absolute atomic E-state index is 12.9. The van der Waals surface area contributed by atoms with Crippen molar-refractivity contribution in [2.45, 2.75) is 44.7 Å². The van der Waals surface area contributed by atoms with Crippen LogP contribution in [0.2, 0.25) is 0 Å². The second-order valence-corrected chi connectivity index (χ2v) is 7.54. The molecule has 2 amide bonds. The van der Waals surface area contributed by atoms with Crippen molar-refractivity contribution in [3.63, 3.8) is 0 Å². The Morgan fingerprint density at radius 2 is 2.21 bits per heavy atom. The van der Waals surface area contributed by atoms with Crippen LogP contribution in [-0.4, -0.2) is 40.3 Å². The highest BCUT2D eigenvalue weighted by Crippen LogP contribution is 2.30. The molecule has 0 spiro atoms. The molecule has 2 fully saturated rings. The molecule has 2 aromatic heterocycles. The van der Waals surface area contributed by atoms with Crippen molar-refractivity contribution < 1.29 is 14.0 Å². The van der Waals surface area contributed by atoms with Crippen LogP contribution in [0.15, 0.2) is 22.8 Å². The second kappa shape index (κ2) is 6.05. The number of hydrogen-bond acceptors (Lipinski definition) is 5.